The van der Waals surface area contributed by atoms with E-state index >= 15 is 0 Å². The summed E-state index contributed by atoms with van der Waals surface area (Å²) in [5.41, 5.74) is 0.234. The first-order chi connectivity index (χ1) is 10.2. The van der Waals surface area contributed by atoms with E-state index in [1.165, 1.54) is 51.4 Å². The van der Waals surface area contributed by atoms with Crippen molar-refractivity contribution in [3.63, 3.8) is 0 Å². The lowest BCUT2D eigenvalue weighted by Gasteiger charge is -2.49. The molecule has 0 amide bonds. The van der Waals surface area contributed by atoms with E-state index in [0.717, 1.165) is 19.8 Å². The molecule has 3 heteroatoms. The predicted molar refractivity (Wildman–Crippen MR) is 87.7 cm³/mol. The zero-order valence-electron chi connectivity index (χ0n) is 14.3. The monoisotopic (exact) mass is 297 g/mol. The zero-order valence-corrected chi connectivity index (χ0v) is 14.3. The lowest BCUT2D eigenvalue weighted by atomic mass is 9.69. The molecule has 1 heterocycles. The van der Waals surface area contributed by atoms with Gasteiger partial charge in [0.15, 0.2) is 0 Å². The van der Waals surface area contributed by atoms with Crippen molar-refractivity contribution in [1.82, 2.24) is 5.32 Å². The van der Waals surface area contributed by atoms with Crippen LogP contribution in [0.1, 0.15) is 72.1 Å². The second kappa shape index (κ2) is 8.50. The molecule has 1 saturated heterocycles. The van der Waals surface area contributed by atoms with Crippen molar-refractivity contribution in [3.05, 3.63) is 0 Å². The number of hydrogen-bond donors (Lipinski definition) is 1. The standard InChI is InChI=1S/C18H35NO2/c1-4-8-16(20-6-3)17(19-12-5-2)15-9-13-21-18(14-15)10-7-11-18/h15-17,19H,4-14H2,1-3H3. The first-order valence-corrected chi connectivity index (χ1v) is 9.23. The van der Waals surface area contributed by atoms with Crippen LogP contribution in [0.2, 0.25) is 0 Å². The van der Waals surface area contributed by atoms with Gasteiger partial charge in [0.2, 0.25) is 0 Å². The highest BCUT2D eigenvalue weighted by molar-refractivity contribution is 4.98. The van der Waals surface area contributed by atoms with Crippen LogP contribution < -0.4 is 5.32 Å². The van der Waals surface area contributed by atoms with Crippen molar-refractivity contribution in [1.29, 1.82) is 0 Å². The fourth-order valence-corrected chi connectivity index (χ4v) is 4.07. The third-order valence-electron chi connectivity index (χ3n) is 5.29. The Morgan fingerprint density at radius 1 is 1.24 bits per heavy atom. The summed E-state index contributed by atoms with van der Waals surface area (Å²) in [5.74, 6) is 0.716. The Bertz CT molecular complexity index is 285. The minimum atomic E-state index is 0.234. The van der Waals surface area contributed by atoms with Crippen molar-refractivity contribution in [2.75, 3.05) is 19.8 Å². The van der Waals surface area contributed by atoms with Crippen molar-refractivity contribution in [2.24, 2.45) is 5.92 Å². The van der Waals surface area contributed by atoms with Gasteiger partial charge in [-0.2, -0.15) is 0 Å². The van der Waals surface area contributed by atoms with Gasteiger partial charge >= 0.3 is 0 Å². The van der Waals surface area contributed by atoms with Gasteiger partial charge in [-0.3, -0.25) is 0 Å². The Balaban J connectivity index is 2.01. The lowest BCUT2D eigenvalue weighted by Crippen LogP contribution is -2.54. The molecule has 0 aromatic carbocycles. The highest BCUT2D eigenvalue weighted by atomic mass is 16.5. The van der Waals surface area contributed by atoms with Crippen molar-refractivity contribution in [3.8, 4) is 0 Å². The van der Waals surface area contributed by atoms with E-state index in [0.29, 0.717) is 18.1 Å². The SMILES string of the molecule is CCCNC(C1CCOC2(CCC2)C1)C(CCC)OCC. The van der Waals surface area contributed by atoms with Crippen LogP contribution in [0, 0.1) is 5.92 Å². The van der Waals surface area contributed by atoms with Gasteiger partial charge < -0.3 is 14.8 Å². The molecule has 0 aromatic heterocycles. The number of hydrogen-bond acceptors (Lipinski definition) is 3. The van der Waals surface area contributed by atoms with Crippen LogP contribution in [0.5, 0.6) is 0 Å². The molecule has 2 fully saturated rings. The molecule has 3 atom stereocenters. The quantitative estimate of drug-likeness (QED) is 0.700. The van der Waals surface area contributed by atoms with E-state index < -0.39 is 0 Å². The van der Waals surface area contributed by atoms with Gasteiger partial charge in [-0.05, 0) is 64.3 Å². The second-order valence-electron chi connectivity index (χ2n) is 6.90. The molecule has 2 rings (SSSR count). The molecule has 0 radical (unpaired) electrons. The van der Waals surface area contributed by atoms with Crippen LogP contribution in [-0.4, -0.2) is 37.5 Å². The van der Waals surface area contributed by atoms with Crippen molar-refractivity contribution >= 4 is 0 Å². The summed E-state index contributed by atoms with van der Waals surface area (Å²) in [6.07, 6.45) is 10.3. The normalized spacial score (nSPS) is 27.3. The maximum Gasteiger partial charge on any atom is 0.0730 e. The predicted octanol–water partition coefficient (Wildman–Crippen LogP) is 3.91. The van der Waals surface area contributed by atoms with Crippen LogP contribution in [0.15, 0.2) is 0 Å². The molecule has 0 aromatic rings. The summed E-state index contributed by atoms with van der Waals surface area (Å²) >= 11 is 0. The first kappa shape index (κ1) is 17.2. The van der Waals surface area contributed by atoms with Crippen LogP contribution in [0.25, 0.3) is 0 Å². The molecule has 0 bridgehead atoms. The van der Waals surface area contributed by atoms with Gasteiger partial charge in [0.25, 0.3) is 0 Å². The Morgan fingerprint density at radius 2 is 2.05 bits per heavy atom. The molecule has 1 aliphatic heterocycles. The topological polar surface area (TPSA) is 30.5 Å². The van der Waals surface area contributed by atoms with Crippen LogP contribution in [-0.2, 0) is 9.47 Å². The molecule has 1 N–H and O–H groups in total. The summed E-state index contributed by atoms with van der Waals surface area (Å²) in [5, 5.41) is 3.81. The Kier molecular flexibility index (Phi) is 6.97. The Morgan fingerprint density at radius 3 is 2.62 bits per heavy atom. The molecule has 3 nitrogen and oxygen atoms in total. The number of rotatable bonds is 9. The molecule has 21 heavy (non-hydrogen) atoms. The number of nitrogens with one attached hydrogen (secondary N) is 1. The fraction of sp³-hybridized carbons (Fsp3) is 1.00. The van der Waals surface area contributed by atoms with E-state index in [1.807, 2.05) is 0 Å². The highest BCUT2D eigenvalue weighted by Gasteiger charge is 2.45. The Hall–Kier alpha value is -0.120. The number of ether oxygens (including phenoxy) is 2. The fourth-order valence-electron chi connectivity index (χ4n) is 4.07. The molecule has 124 valence electrons. The van der Waals surface area contributed by atoms with E-state index in [-0.39, 0.29) is 5.60 Å². The molecule has 1 saturated carbocycles. The van der Waals surface area contributed by atoms with Gasteiger partial charge in [-0.15, -0.1) is 0 Å². The summed E-state index contributed by atoms with van der Waals surface area (Å²) in [6.45, 7) is 9.50. The molecular formula is C18H35NO2. The van der Waals surface area contributed by atoms with E-state index in [4.69, 9.17) is 9.47 Å². The lowest BCUT2D eigenvalue weighted by molar-refractivity contribution is -0.153. The molecule has 2 aliphatic rings. The van der Waals surface area contributed by atoms with Crippen molar-refractivity contribution in [2.45, 2.75) is 89.9 Å². The average molecular weight is 297 g/mol. The Labute approximate surface area is 131 Å². The zero-order chi connectivity index (χ0) is 15.1. The van der Waals surface area contributed by atoms with Gasteiger partial charge in [-0.25, -0.2) is 0 Å². The maximum absolute atomic E-state index is 6.12. The van der Waals surface area contributed by atoms with E-state index in [2.05, 4.69) is 26.1 Å². The van der Waals surface area contributed by atoms with Gasteiger partial charge in [0.05, 0.1) is 11.7 Å². The van der Waals surface area contributed by atoms with Gasteiger partial charge in [0, 0.05) is 19.3 Å². The summed E-state index contributed by atoms with van der Waals surface area (Å²) in [7, 11) is 0. The molecule has 1 spiro atoms. The van der Waals surface area contributed by atoms with E-state index in [9.17, 15) is 0 Å². The third-order valence-corrected chi connectivity index (χ3v) is 5.29. The highest BCUT2D eigenvalue weighted by Crippen LogP contribution is 2.45. The van der Waals surface area contributed by atoms with E-state index in [1.54, 1.807) is 0 Å². The van der Waals surface area contributed by atoms with Crippen molar-refractivity contribution < 1.29 is 9.47 Å². The first-order valence-electron chi connectivity index (χ1n) is 9.23. The minimum Gasteiger partial charge on any atom is -0.377 e. The van der Waals surface area contributed by atoms with Crippen LogP contribution >= 0.6 is 0 Å². The smallest absolute Gasteiger partial charge is 0.0730 e. The van der Waals surface area contributed by atoms with Gasteiger partial charge in [-0.1, -0.05) is 20.3 Å². The summed E-state index contributed by atoms with van der Waals surface area (Å²) < 4.78 is 12.2. The third kappa shape index (κ3) is 4.43. The van der Waals surface area contributed by atoms with Gasteiger partial charge in [0.1, 0.15) is 0 Å². The van der Waals surface area contributed by atoms with Crippen LogP contribution in [0.4, 0.5) is 0 Å². The minimum absolute atomic E-state index is 0.234. The molecular weight excluding hydrogens is 262 g/mol. The molecule has 3 unspecified atom stereocenters. The second-order valence-corrected chi connectivity index (χ2v) is 6.90. The van der Waals surface area contributed by atoms with Crippen LogP contribution in [0.3, 0.4) is 0 Å². The summed E-state index contributed by atoms with van der Waals surface area (Å²) in [4.78, 5) is 0. The largest absolute Gasteiger partial charge is 0.377 e. The average Bonchev–Trinajstić information content (AvgIpc) is 2.47. The maximum atomic E-state index is 6.12. The molecule has 1 aliphatic carbocycles. The summed E-state index contributed by atoms with van der Waals surface area (Å²) in [6, 6.07) is 0.506.